The van der Waals surface area contributed by atoms with Gasteiger partial charge in [0, 0.05) is 23.6 Å². The minimum Gasteiger partial charge on any atom is -0.493 e. The van der Waals surface area contributed by atoms with Crippen molar-refractivity contribution >= 4 is 5.97 Å². The van der Waals surface area contributed by atoms with Crippen LogP contribution < -0.4 is 10.5 Å². The van der Waals surface area contributed by atoms with Crippen LogP contribution >= 0.6 is 0 Å². The van der Waals surface area contributed by atoms with Gasteiger partial charge in [0.2, 0.25) is 0 Å². The van der Waals surface area contributed by atoms with E-state index in [1.165, 1.54) is 0 Å². The van der Waals surface area contributed by atoms with E-state index < -0.39 is 5.97 Å². The topological polar surface area (TPSA) is 72.5 Å². The number of hydrogen-bond acceptors (Lipinski definition) is 3. The Morgan fingerprint density at radius 2 is 2.33 bits per heavy atom. The number of aromatic carboxylic acids is 1. The Kier molecular flexibility index (Phi) is 2.36. The van der Waals surface area contributed by atoms with Crippen LogP contribution in [0.25, 0.3) is 0 Å². The normalized spacial score (nSPS) is 19.2. The van der Waals surface area contributed by atoms with Crippen LogP contribution in [-0.2, 0) is 0 Å². The third-order valence-electron chi connectivity index (χ3n) is 2.74. The summed E-state index contributed by atoms with van der Waals surface area (Å²) in [6, 6.07) is 3.29. The first-order valence-electron chi connectivity index (χ1n) is 4.86. The first-order valence-corrected chi connectivity index (χ1v) is 4.86. The molecule has 1 aliphatic rings. The molecule has 15 heavy (non-hydrogen) atoms. The van der Waals surface area contributed by atoms with Gasteiger partial charge in [0.05, 0.1) is 12.2 Å². The number of benzene rings is 1. The summed E-state index contributed by atoms with van der Waals surface area (Å²) in [7, 11) is 0. The maximum absolute atomic E-state index is 10.9. The standard InChI is InChI=1S/C11H13NO3/c1-6-7(11(13)14)2-3-8-9(12)4-5-15-10(6)8/h2-3,9H,4-5,12H2,1H3,(H,13,14)/t9-/m0/s1. The molecule has 1 aliphatic heterocycles. The Labute approximate surface area is 87.7 Å². The maximum Gasteiger partial charge on any atom is 0.336 e. The highest BCUT2D eigenvalue weighted by Crippen LogP contribution is 2.34. The zero-order chi connectivity index (χ0) is 11.0. The third-order valence-corrected chi connectivity index (χ3v) is 2.74. The van der Waals surface area contributed by atoms with Crippen molar-refractivity contribution in [1.82, 2.24) is 0 Å². The Morgan fingerprint density at radius 3 is 3.00 bits per heavy atom. The van der Waals surface area contributed by atoms with Crippen molar-refractivity contribution < 1.29 is 14.6 Å². The quantitative estimate of drug-likeness (QED) is 0.731. The number of ether oxygens (including phenoxy) is 1. The predicted octanol–water partition coefficient (Wildman–Crippen LogP) is 1.48. The summed E-state index contributed by atoms with van der Waals surface area (Å²) in [4.78, 5) is 10.9. The molecule has 0 fully saturated rings. The van der Waals surface area contributed by atoms with Crippen LogP contribution in [0.3, 0.4) is 0 Å². The lowest BCUT2D eigenvalue weighted by molar-refractivity contribution is 0.0695. The SMILES string of the molecule is Cc1c(C(=O)O)ccc2c1OCC[C@@H]2N. The van der Waals surface area contributed by atoms with Crippen molar-refractivity contribution in [2.45, 2.75) is 19.4 Å². The molecular weight excluding hydrogens is 194 g/mol. The van der Waals surface area contributed by atoms with Crippen LogP contribution in [-0.4, -0.2) is 17.7 Å². The average molecular weight is 207 g/mol. The van der Waals surface area contributed by atoms with E-state index in [-0.39, 0.29) is 11.6 Å². The Balaban J connectivity index is 2.57. The van der Waals surface area contributed by atoms with E-state index in [4.69, 9.17) is 15.6 Å². The molecule has 2 rings (SSSR count). The smallest absolute Gasteiger partial charge is 0.336 e. The van der Waals surface area contributed by atoms with Crippen LogP contribution in [0.15, 0.2) is 12.1 Å². The van der Waals surface area contributed by atoms with Gasteiger partial charge in [0.1, 0.15) is 5.75 Å². The lowest BCUT2D eigenvalue weighted by atomic mass is 9.95. The Morgan fingerprint density at radius 1 is 1.60 bits per heavy atom. The molecule has 0 bridgehead atoms. The van der Waals surface area contributed by atoms with Crippen molar-refractivity contribution in [2.75, 3.05) is 6.61 Å². The monoisotopic (exact) mass is 207 g/mol. The second-order valence-electron chi connectivity index (χ2n) is 3.71. The lowest BCUT2D eigenvalue weighted by Crippen LogP contribution is -2.22. The van der Waals surface area contributed by atoms with Crippen molar-refractivity contribution in [3.63, 3.8) is 0 Å². The molecule has 0 saturated carbocycles. The molecule has 0 saturated heterocycles. The Bertz CT molecular complexity index is 415. The average Bonchev–Trinajstić information content (AvgIpc) is 2.19. The number of carbonyl (C=O) groups is 1. The largest absolute Gasteiger partial charge is 0.493 e. The number of hydrogen-bond donors (Lipinski definition) is 2. The van der Waals surface area contributed by atoms with Gasteiger partial charge in [-0.2, -0.15) is 0 Å². The molecular formula is C11H13NO3. The van der Waals surface area contributed by atoms with Gasteiger partial charge in [0.15, 0.2) is 0 Å². The van der Waals surface area contributed by atoms with Crippen LogP contribution in [0.2, 0.25) is 0 Å². The van der Waals surface area contributed by atoms with E-state index in [2.05, 4.69) is 0 Å². The summed E-state index contributed by atoms with van der Waals surface area (Å²) < 4.78 is 5.47. The molecule has 4 nitrogen and oxygen atoms in total. The van der Waals surface area contributed by atoms with E-state index in [0.717, 1.165) is 12.0 Å². The first-order chi connectivity index (χ1) is 7.11. The van der Waals surface area contributed by atoms with Crippen molar-refractivity contribution in [3.05, 3.63) is 28.8 Å². The van der Waals surface area contributed by atoms with Gasteiger partial charge in [-0.25, -0.2) is 4.79 Å². The van der Waals surface area contributed by atoms with Gasteiger partial charge in [-0.1, -0.05) is 6.07 Å². The molecule has 0 amide bonds. The van der Waals surface area contributed by atoms with Crippen molar-refractivity contribution in [3.8, 4) is 5.75 Å². The van der Waals surface area contributed by atoms with Crippen molar-refractivity contribution in [1.29, 1.82) is 0 Å². The van der Waals surface area contributed by atoms with Gasteiger partial charge >= 0.3 is 5.97 Å². The van der Waals surface area contributed by atoms with Gasteiger partial charge in [-0.05, 0) is 13.0 Å². The molecule has 1 aromatic carbocycles. The maximum atomic E-state index is 10.9. The van der Waals surface area contributed by atoms with Crippen LogP contribution in [0.5, 0.6) is 5.75 Å². The lowest BCUT2D eigenvalue weighted by Gasteiger charge is -2.25. The molecule has 0 radical (unpaired) electrons. The number of carboxylic acids is 1. The fourth-order valence-corrected chi connectivity index (χ4v) is 1.87. The van der Waals surface area contributed by atoms with Gasteiger partial charge in [0.25, 0.3) is 0 Å². The highest BCUT2D eigenvalue weighted by atomic mass is 16.5. The van der Waals surface area contributed by atoms with Crippen LogP contribution in [0.1, 0.15) is 33.9 Å². The van der Waals surface area contributed by atoms with Crippen molar-refractivity contribution in [2.24, 2.45) is 5.73 Å². The minimum absolute atomic E-state index is 0.0460. The summed E-state index contributed by atoms with van der Waals surface area (Å²) in [5, 5.41) is 8.95. The van der Waals surface area contributed by atoms with E-state index in [1.807, 2.05) is 0 Å². The van der Waals surface area contributed by atoms with Gasteiger partial charge < -0.3 is 15.6 Å². The predicted molar refractivity (Wildman–Crippen MR) is 55.2 cm³/mol. The molecule has 0 spiro atoms. The molecule has 0 aliphatic carbocycles. The van der Waals surface area contributed by atoms with Gasteiger partial charge in [-0.3, -0.25) is 0 Å². The first kappa shape index (κ1) is 9.98. The summed E-state index contributed by atoms with van der Waals surface area (Å²) in [6.07, 6.45) is 0.777. The molecule has 4 heteroatoms. The molecule has 0 aromatic heterocycles. The van der Waals surface area contributed by atoms with E-state index >= 15 is 0 Å². The second kappa shape index (κ2) is 3.55. The molecule has 1 aromatic rings. The molecule has 1 heterocycles. The highest BCUT2D eigenvalue weighted by molar-refractivity contribution is 5.90. The van der Waals surface area contributed by atoms with Crippen LogP contribution in [0.4, 0.5) is 0 Å². The summed E-state index contributed by atoms with van der Waals surface area (Å²) in [6.45, 7) is 2.30. The fraction of sp³-hybridized carbons (Fsp3) is 0.364. The van der Waals surface area contributed by atoms with Crippen LogP contribution in [0, 0.1) is 6.92 Å². The number of rotatable bonds is 1. The third kappa shape index (κ3) is 1.57. The summed E-state index contributed by atoms with van der Waals surface area (Å²) in [5.74, 6) is -0.285. The summed E-state index contributed by atoms with van der Waals surface area (Å²) in [5.41, 5.74) is 7.76. The zero-order valence-electron chi connectivity index (χ0n) is 8.49. The molecule has 0 unspecified atom stereocenters. The molecule has 3 N–H and O–H groups in total. The Hall–Kier alpha value is -1.55. The van der Waals surface area contributed by atoms with E-state index in [0.29, 0.717) is 17.9 Å². The highest BCUT2D eigenvalue weighted by Gasteiger charge is 2.22. The zero-order valence-corrected chi connectivity index (χ0v) is 8.49. The number of nitrogens with two attached hydrogens (primary N) is 1. The number of fused-ring (bicyclic) bond motifs is 1. The van der Waals surface area contributed by atoms with Gasteiger partial charge in [-0.15, -0.1) is 0 Å². The van der Waals surface area contributed by atoms with E-state index in [1.54, 1.807) is 19.1 Å². The number of carboxylic acid groups (broad SMARTS) is 1. The summed E-state index contributed by atoms with van der Waals surface area (Å²) >= 11 is 0. The molecule has 80 valence electrons. The van der Waals surface area contributed by atoms with E-state index in [9.17, 15) is 4.79 Å². The fourth-order valence-electron chi connectivity index (χ4n) is 1.87. The minimum atomic E-state index is -0.932. The second-order valence-corrected chi connectivity index (χ2v) is 3.71. The molecule has 1 atom stereocenters.